The number of hydrogen-bond acceptors (Lipinski definition) is 6. The van der Waals surface area contributed by atoms with Gasteiger partial charge in [-0.05, 0) is 30.5 Å². The summed E-state index contributed by atoms with van der Waals surface area (Å²) < 4.78 is 4.85. The van der Waals surface area contributed by atoms with Crippen LogP contribution in [0.25, 0.3) is 0 Å². The van der Waals surface area contributed by atoms with Crippen LogP contribution in [-0.2, 0) is 9.53 Å². The molecule has 1 atom stereocenters. The summed E-state index contributed by atoms with van der Waals surface area (Å²) in [5.41, 5.74) is 0.324. The van der Waals surface area contributed by atoms with Crippen LogP contribution in [-0.4, -0.2) is 28.6 Å². The number of carboxylic acids is 1. The SMILES string of the molecule is CCOC(=O)c1ccc(NC(C(=O)O)c2cccs2)nc1. The van der Waals surface area contributed by atoms with Gasteiger partial charge >= 0.3 is 11.9 Å². The molecule has 0 bridgehead atoms. The highest BCUT2D eigenvalue weighted by molar-refractivity contribution is 7.10. The van der Waals surface area contributed by atoms with E-state index in [2.05, 4.69) is 10.3 Å². The predicted molar refractivity (Wildman–Crippen MR) is 78.5 cm³/mol. The average Bonchev–Trinajstić information content (AvgIpc) is 2.99. The van der Waals surface area contributed by atoms with Crippen LogP contribution >= 0.6 is 11.3 Å². The zero-order valence-electron chi connectivity index (χ0n) is 11.3. The van der Waals surface area contributed by atoms with Crippen molar-refractivity contribution < 1.29 is 19.4 Å². The van der Waals surface area contributed by atoms with Gasteiger partial charge in [0.15, 0.2) is 6.04 Å². The Morgan fingerprint density at radius 1 is 1.43 bits per heavy atom. The number of nitrogens with zero attached hydrogens (tertiary/aromatic N) is 1. The van der Waals surface area contributed by atoms with Crippen molar-refractivity contribution in [2.45, 2.75) is 13.0 Å². The second kappa shape index (κ2) is 6.85. The van der Waals surface area contributed by atoms with Crippen molar-refractivity contribution in [3.63, 3.8) is 0 Å². The molecule has 2 rings (SSSR count). The number of aliphatic carboxylic acids is 1. The van der Waals surface area contributed by atoms with Crippen LogP contribution in [0.15, 0.2) is 35.8 Å². The van der Waals surface area contributed by atoms with Crippen LogP contribution < -0.4 is 5.32 Å². The number of nitrogens with one attached hydrogen (secondary N) is 1. The lowest BCUT2D eigenvalue weighted by Gasteiger charge is -2.13. The zero-order valence-corrected chi connectivity index (χ0v) is 12.1. The van der Waals surface area contributed by atoms with E-state index in [1.807, 2.05) is 5.38 Å². The first kappa shape index (κ1) is 15.0. The van der Waals surface area contributed by atoms with Crippen LogP contribution in [0, 0.1) is 0 Å². The Kier molecular flexibility index (Phi) is 4.89. The Labute approximate surface area is 125 Å². The van der Waals surface area contributed by atoms with Crippen molar-refractivity contribution in [1.29, 1.82) is 0 Å². The molecular formula is C14H14N2O4S. The quantitative estimate of drug-likeness (QED) is 0.797. The second-order valence-electron chi connectivity index (χ2n) is 4.08. The molecule has 2 heterocycles. The molecule has 2 aromatic heterocycles. The highest BCUT2D eigenvalue weighted by atomic mass is 32.1. The van der Waals surface area contributed by atoms with E-state index in [0.29, 0.717) is 16.3 Å². The minimum atomic E-state index is -0.992. The van der Waals surface area contributed by atoms with Gasteiger partial charge in [-0.1, -0.05) is 6.07 Å². The molecule has 0 aliphatic rings. The van der Waals surface area contributed by atoms with Crippen LogP contribution in [0.1, 0.15) is 28.2 Å². The molecule has 7 heteroatoms. The van der Waals surface area contributed by atoms with Gasteiger partial charge in [0.2, 0.25) is 0 Å². The van der Waals surface area contributed by atoms with Gasteiger partial charge in [0.1, 0.15) is 5.82 Å². The summed E-state index contributed by atoms with van der Waals surface area (Å²) in [6.45, 7) is 2.01. The van der Waals surface area contributed by atoms with Crippen molar-refractivity contribution >= 4 is 29.1 Å². The Bertz CT molecular complexity index is 610. The molecule has 0 saturated heterocycles. The first-order valence-electron chi connectivity index (χ1n) is 6.27. The first-order chi connectivity index (χ1) is 10.1. The third-order valence-electron chi connectivity index (χ3n) is 2.64. The van der Waals surface area contributed by atoms with Gasteiger partial charge in [0, 0.05) is 11.1 Å². The van der Waals surface area contributed by atoms with Crippen LogP contribution in [0.5, 0.6) is 0 Å². The van der Waals surface area contributed by atoms with Gasteiger partial charge in [-0.2, -0.15) is 0 Å². The highest BCUT2D eigenvalue weighted by Crippen LogP contribution is 2.23. The molecule has 2 N–H and O–H groups in total. The minimum absolute atomic E-state index is 0.290. The third-order valence-corrected chi connectivity index (χ3v) is 3.58. The summed E-state index contributed by atoms with van der Waals surface area (Å²) in [4.78, 5) is 27.5. The van der Waals surface area contributed by atoms with Crippen LogP contribution in [0.3, 0.4) is 0 Å². The van der Waals surface area contributed by atoms with Gasteiger partial charge in [-0.15, -0.1) is 11.3 Å². The molecule has 0 aliphatic carbocycles. The molecule has 110 valence electrons. The maximum atomic E-state index is 11.5. The van der Waals surface area contributed by atoms with E-state index in [1.54, 1.807) is 31.2 Å². The van der Waals surface area contributed by atoms with Crippen LogP contribution in [0.4, 0.5) is 5.82 Å². The Hall–Kier alpha value is -2.41. The van der Waals surface area contributed by atoms with Crippen molar-refractivity contribution in [1.82, 2.24) is 4.98 Å². The largest absolute Gasteiger partial charge is 0.479 e. The Morgan fingerprint density at radius 3 is 2.76 bits per heavy atom. The van der Waals surface area contributed by atoms with E-state index < -0.39 is 18.0 Å². The highest BCUT2D eigenvalue weighted by Gasteiger charge is 2.21. The standard InChI is InChI=1S/C14H14N2O4S/c1-2-20-14(19)9-5-6-11(15-8-9)16-12(13(17)18)10-4-3-7-21-10/h3-8,12H,2H2,1H3,(H,15,16)(H,17,18). The third kappa shape index (κ3) is 3.79. The fourth-order valence-electron chi connectivity index (χ4n) is 1.67. The van der Waals surface area contributed by atoms with Gasteiger partial charge in [0.05, 0.1) is 12.2 Å². The van der Waals surface area contributed by atoms with Crippen molar-refractivity contribution in [2.24, 2.45) is 0 Å². The maximum Gasteiger partial charge on any atom is 0.339 e. The Morgan fingerprint density at radius 2 is 2.24 bits per heavy atom. The lowest BCUT2D eigenvalue weighted by Crippen LogP contribution is -2.20. The number of carboxylic acid groups (broad SMARTS) is 1. The zero-order chi connectivity index (χ0) is 15.2. The number of esters is 1. The summed E-state index contributed by atoms with van der Waals surface area (Å²) >= 11 is 1.35. The van der Waals surface area contributed by atoms with Crippen LogP contribution in [0.2, 0.25) is 0 Å². The average molecular weight is 306 g/mol. The van der Waals surface area contributed by atoms with E-state index in [0.717, 1.165) is 0 Å². The summed E-state index contributed by atoms with van der Waals surface area (Å²) in [5.74, 6) is -1.07. The first-order valence-corrected chi connectivity index (χ1v) is 7.15. The number of pyridine rings is 1. The number of anilines is 1. The van der Waals surface area contributed by atoms with Crippen molar-refractivity contribution in [2.75, 3.05) is 11.9 Å². The summed E-state index contributed by atoms with van der Waals surface area (Å²) in [5, 5.41) is 13.9. The van der Waals surface area contributed by atoms with E-state index in [1.165, 1.54) is 17.5 Å². The van der Waals surface area contributed by atoms with Gasteiger partial charge in [-0.25, -0.2) is 14.6 Å². The number of carbonyl (C=O) groups is 2. The molecule has 0 aromatic carbocycles. The normalized spacial score (nSPS) is 11.7. The topological polar surface area (TPSA) is 88.5 Å². The number of ether oxygens (including phenoxy) is 1. The van der Waals surface area contributed by atoms with Gasteiger partial charge in [0.25, 0.3) is 0 Å². The van der Waals surface area contributed by atoms with Crippen molar-refractivity contribution in [3.05, 3.63) is 46.3 Å². The molecule has 0 saturated carbocycles. The van der Waals surface area contributed by atoms with E-state index in [-0.39, 0.29) is 6.61 Å². The summed E-state index contributed by atoms with van der Waals surface area (Å²) in [7, 11) is 0. The molecule has 1 unspecified atom stereocenters. The minimum Gasteiger partial charge on any atom is -0.479 e. The van der Waals surface area contributed by atoms with Crippen molar-refractivity contribution in [3.8, 4) is 0 Å². The fourth-order valence-corrected chi connectivity index (χ4v) is 2.44. The van der Waals surface area contributed by atoms with Gasteiger partial charge in [-0.3, -0.25) is 0 Å². The molecule has 2 aromatic rings. The molecule has 6 nitrogen and oxygen atoms in total. The lowest BCUT2D eigenvalue weighted by molar-refractivity contribution is -0.138. The number of rotatable bonds is 6. The molecule has 0 amide bonds. The number of thiophene rings is 1. The summed E-state index contributed by atoms with van der Waals surface area (Å²) in [6.07, 6.45) is 1.35. The number of aromatic nitrogens is 1. The van der Waals surface area contributed by atoms with E-state index in [4.69, 9.17) is 4.74 Å². The smallest absolute Gasteiger partial charge is 0.339 e. The molecule has 0 aliphatic heterocycles. The van der Waals surface area contributed by atoms with Gasteiger partial charge < -0.3 is 15.2 Å². The molecule has 0 spiro atoms. The fraction of sp³-hybridized carbons (Fsp3) is 0.214. The molecular weight excluding hydrogens is 292 g/mol. The molecule has 0 fully saturated rings. The number of hydrogen-bond donors (Lipinski definition) is 2. The number of carbonyl (C=O) groups excluding carboxylic acids is 1. The monoisotopic (exact) mass is 306 g/mol. The second-order valence-corrected chi connectivity index (χ2v) is 5.06. The van der Waals surface area contributed by atoms with E-state index >= 15 is 0 Å². The van der Waals surface area contributed by atoms with E-state index in [9.17, 15) is 14.7 Å². The predicted octanol–water partition coefficient (Wildman–Crippen LogP) is 2.56. The Balaban J connectivity index is 2.11. The molecule has 0 radical (unpaired) electrons. The molecule has 21 heavy (non-hydrogen) atoms. The maximum absolute atomic E-state index is 11.5. The lowest BCUT2D eigenvalue weighted by atomic mass is 10.2. The summed E-state index contributed by atoms with van der Waals surface area (Å²) in [6, 6.07) is 5.75.